The van der Waals surface area contributed by atoms with Crippen molar-refractivity contribution in [1.82, 2.24) is 0 Å². The second-order valence-electron chi connectivity index (χ2n) is 5.73. The van der Waals surface area contributed by atoms with E-state index in [9.17, 15) is 4.79 Å². The molecule has 2 aliphatic rings. The highest BCUT2D eigenvalue weighted by molar-refractivity contribution is 6.08. The van der Waals surface area contributed by atoms with Crippen LogP contribution in [0.4, 0.5) is 5.69 Å². The van der Waals surface area contributed by atoms with Gasteiger partial charge in [-0.15, -0.1) is 0 Å². The molecule has 0 N–H and O–H groups in total. The molecule has 3 heteroatoms. The number of hydrogen-bond donors (Lipinski definition) is 0. The molecule has 4 rings (SSSR count). The van der Waals surface area contributed by atoms with E-state index in [1.165, 1.54) is 5.56 Å². The van der Waals surface area contributed by atoms with Crippen LogP contribution in [0, 0.1) is 0 Å². The van der Waals surface area contributed by atoms with Gasteiger partial charge in [0, 0.05) is 29.3 Å². The average Bonchev–Trinajstić information content (AvgIpc) is 2.96. The van der Waals surface area contributed by atoms with Crippen molar-refractivity contribution in [2.75, 3.05) is 18.6 Å². The first kappa shape index (κ1) is 13.1. The van der Waals surface area contributed by atoms with Crippen LogP contribution in [0.2, 0.25) is 0 Å². The molecule has 110 valence electrons. The molecule has 0 saturated heterocycles. The van der Waals surface area contributed by atoms with E-state index in [2.05, 4.69) is 12.2 Å². The number of amides is 1. The van der Waals surface area contributed by atoms with Crippen LogP contribution < -0.4 is 9.64 Å². The fraction of sp³-hybridized carbons (Fsp3) is 0.211. The smallest absolute Gasteiger partial charge is 0.258 e. The van der Waals surface area contributed by atoms with Gasteiger partial charge in [0.15, 0.2) is 0 Å². The molecule has 0 bridgehead atoms. The first-order valence-electron chi connectivity index (χ1n) is 7.54. The summed E-state index contributed by atoms with van der Waals surface area (Å²) < 4.78 is 5.47. The van der Waals surface area contributed by atoms with Gasteiger partial charge in [-0.05, 0) is 36.2 Å². The summed E-state index contributed by atoms with van der Waals surface area (Å²) in [6, 6.07) is 13.4. The standard InChI is InChI=1S/C19H17NO2/c1-22-17-11-10-16-18-14(8-5-9-15(17)18)12-20(16)19(21)13-6-3-2-4-7-13/h2-7,9-11,14H,8,12H2,1H3. The molecule has 0 saturated carbocycles. The zero-order chi connectivity index (χ0) is 15.1. The van der Waals surface area contributed by atoms with Gasteiger partial charge >= 0.3 is 0 Å². The number of allylic oxidation sites excluding steroid dienone is 1. The number of hydrogen-bond acceptors (Lipinski definition) is 2. The summed E-state index contributed by atoms with van der Waals surface area (Å²) in [6.45, 7) is 0.744. The summed E-state index contributed by atoms with van der Waals surface area (Å²) in [5.41, 5.74) is 4.14. The Morgan fingerprint density at radius 3 is 2.77 bits per heavy atom. The lowest BCUT2D eigenvalue weighted by molar-refractivity contribution is 0.0988. The predicted octanol–water partition coefficient (Wildman–Crippen LogP) is 3.86. The molecule has 22 heavy (non-hydrogen) atoms. The van der Waals surface area contributed by atoms with Gasteiger partial charge in [0.2, 0.25) is 0 Å². The average molecular weight is 291 g/mol. The highest BCUT2D eigenvalue weighted by Crippen LogP contribution is 2.47. The van der Waals surface area contributed by atoms with E-state index < -0.39 is 0 Å². The molecular formula is C19H17NO2. The van der Waals surface area contributed by atoms with E-state index in [1.807, 2.05) is 47.4 Å². The normalized spacial score (nSPS) is 18.2. The Kier molecular flexibility index (Phi) is 3.00. The third kappa shape index (κ3) is 1.86. The Morgan fingerprint density at radius 2 is 2.00 bits per heavy atom. The van der Waals surface area contributed by atoms with E-state index in [-0.39, 0.29) is 5.91 Å². The zero-order valence-corrected chi connectivity index (χ0v) is 12.5. The van der Waals surface area contributed by atoms with Gasteiger partial charge in [-0.25, -0.2) is 0 Å². The molecule has 0 fully saturated rings. The van der Waals surface area contributed by atoms with Gasteiger partial charge in [-0.3, -0.25) is 4.79 Å². The number of rotatable bonds is 2. The van der Waals surface area contributed by atoms with Gasteiger partial charge in [0.25, 0.3) is 5.91 Å². The molecule has 3 nitrogen and oxygen atoms in total. The minimum absolute atomic E-state index is 0.0716. The van der Waals surface area contributed by atoms with Crippen molar-refractivity contribution in [3.8, 4) is 5.75 Å². The Balaban J connectivity index is 1.80. The second-order valence-corrected chi connectivity index (χ2v) is 5.73. The summed E-state index contributed by atoms with van der Waals surface area (Å²) >= 11 is 0. The van der Waals surface area contributed by atoms with Gasteiger partial charge in [-0.2, -0.15) is 0 Å². The van der Waals surface area contributed by atoms with E-state index >= 15 is 0 Å². The summed E-state index contributed by atoms with van der Waals surface area (Å²) in [4.78, 5) is 14.7. The minimum Gasteiger partial charge on any atom is -0.496 e. The monoisotopic (exact) mass is 291 g/mol. The number of carbonyl (C=O) groups excluding carboxylic acids is 1. The van der Waals surface area contributed by atoms with Gasteiger partial charge in [-0.1, -0.05) is 30.4 Å². The number of anilines is 1. The molecule has 0 radical (unpaired) electrons. The minimum atomic E-state index is 0.0716. The van der Waals surface area contributed by atoms with Crippen molar-refractivity contribution in [1.29, 1.82) is 0 Å². The van der Waals surface area contributed by atoms with Crippen LogP contribution in [0.25, 0.3) is 6.08 Å². The topological polar surface area (TPSA) is 29.5 Å². The number of ether oxygens (including phenoxy) is 1. The van der Waals surface area contributed by atoms with Crippen LogP contribution in [0.1, 0.15) is 33.8 Å². The van der Waals surface area contributed by atoms with Crippen LogP contribution in [-0.2, 0) is 0 Å². The molecule has 2 aromatic carbocycles. The van der Waals surface area contributed by atoms with E-state index in [0.717, 1.165) is 35.5 Å². The van der Waals surface area contributed by atoms with Gasteiger partial charge in [0.05, 0.1) is 7.11 Å². The third-order valence-corrected chi connectivity index (χ3v) is 4.52. The first-order chi connectivity index (χ1) is 10.8. The molecule has 0 aromatic heterocycles. The lowest BCUT2D eigenvalue weighted by atomic mass is 9.88. The zero-order valence-electron chi connectivity index (χ0n) is 12.5. The van der Waals surface area contributed by atoms with Crippen LogP contribution in [0.5, 0.6) is 5.75 Å². The van der Waals surface area contributed by atoms with Crippen LogP contribution in [0.3, 0.4) is 0 Å². The molecule has 0 spiro atoms. The van der Waals surface area contributed by atoms with Crippen molar-refractivity contribution in [2.24, 2.45) is 0 Å². The maximum absolute atomic E-state index is 12.8. The maximum atomic E-state index is 12.8. The molecule has 1 aliphatic carbocycles. The van der Waals surface area contributed by atoms with Crippen LogP contribution >= 0.6 is 0 Å². The lowest BCUT2D eigenvalue weighted by Gasteiger charge is -2.18. The molecule has 1 unspecified atom stereocenters. The summed E-state index contributed by atoms with van der Waals surface area (Å²) in [5.74, 6) is 1.33. The lowest BCUT2D eigenvalue weighted by Crippen LogP contribution is -2.29. The van der Waals surface area contributed by atoms with Crippen molar-refractivity contribution < 1.29 is 9.53 Å². The molecule has 1 aliphatic heterocycles. The van der Waals surface area contributed by atoms with Crippen LogP contribution in [0.15, 0.2) is 48.5 Å². The molecule has 1 atom stereocenters. The Labute approximate surface area is 129 Å². The Morgan fingerprint density at radius 1 is 1.18 bits per heavy atom. The quantitative estimate of drug-likeness (QED) is 0.841. The predicted molar refractivity (Wildman–Crippen MR) is 87.5 cm³/mol. The summed E-state index contributed by atoms with van der Waals surface area (Å²) in [5, 5.41) is 0. The number of methoxy groups -OCH3 is 1. The van der Waals surface area contributed by atoms with Crippen molar-refractivity contribution in [2.45, 2.75) is 12.3 Å². The Bertz CT molecular complexity index is 765. The largest absolute Gasteiger partial charge is 0.496 e. The Hall–Kier alpha value is -2.55. The van der Waals surface area contributed by atoms with E-state index in [1.54, 1.807) is 7.11 Å². The highest BCUT2D eigenvalue weighted by atomic mass is 16.5. The number of carbonyl (C=O) groups is 1. The fourth-order valence-corrected chi connectivity index (χ4v) is 3.50. The summed E-state index contributed by atoms with van der Waals surface area (Å²) in [7, 11) is 1.69. The van der Waals surface area contributed by atoms with Crippen molar-refractivity contribution in [3.63, 3.8) is 0 Å². The van der Waals surface area contributed by atoms with Crippen LogP contribution in [-0.4, -0.2) is 19.6 Å². The molecule has 2 aromatic rings. The summed E-state index contributed by atoms with van der Waals surface area (Å²) in [6.07, 6.45) is 5.27. The second kappa shape index (κ2) is 5.02. The maximum Gasteiger partial charge on any atom is 0.258 e. The number of benzene rings is 2. The highest BCUT2D eigenvalue weighted by Gasteiger charge is 2.36. The van der Waals surface area contributed by atoms with E-state index in [0.29, 0.717) is 5.92 Å². The van der Waals surface area contributed by atoms with Crippen molar-refractivity contribution >= 4 is 17.7 Å². The van der Waals surface area contributed by atoms with Gasteiger partial charge < -0.3 is 9.64 Å². The fourth-order valence-electron chi connectivity index (χ4n) is 3.50. The molecule has 1 amide bonds. The molecular weight excluding hydrogens is 274 g/mol. The van der Waals surface area contributed by atoms with Gasteiger partial charge in [0.1, 0.15) is 5.75 Å². The third-order valence-electron chi connectivity index (χ3n) is 4.52. The van der Waals surface area contributed by atoms with E-state index in [4.69, 9.17) is 4.74 Å². The number of nitrogens with zero attached hydrogens (tertiary/aromatic N) is 1. The van der Waals surface area contributed by atoms with Crippen molar-refractivity contribution in [3.05, 3.63) is 65.2 Å². The SMILES string of the molecule is COc1ccc2c3c1C=CCC3CN2C(=O)c1ccccc1. The molecule has 1 heterocycles. The first-order valence-corrected chi connectivity index (χ1v) is 7.54.